The fourth-order valence-electron chi connectivity index (χ4n) is 2.31. The summed E-state index contributed by atoms with van der Waals surface area (Å²) in [6, 6.07) is 13.4. The summed E-state index contributed by atoms with van der Waals surface area (Å²) < 4.78 is 15.6. The molecule has 0 saturated heterocycles. The standard InChI is InChI=1S/C21H19ClN2O5/c1-3-28-21(26)15(12-23)9-14-7-8-18(19(10-14)27-2)29-13-20(25)24-17-6-4-5-16(22)11-17/h4-11H,3,13H2,1-2H3,(H,24,25)/b15-9+. The minimum Gasteiger partial charge on any atom is -0.493 e. The van der Waals surface area contributed by atoms with Crippen LogP contribution in [-0.4, -0.2) is 32.2 Å². The number of hydrogen-bond acceptors (Lipinski definition) is 6. The molecule has 150 valence electrons. The Kier molecular flexibility index (Phi) is 8.07. The summed E-state index contributed by atoms with van der Waals surface area (Å²) in [5, 5.41) is 12.3. The number of benzene rings is 2. The zero-order valence-corrected chi connectivity index (χ0v) is 16.7. The number of amides is 1. The van der Waals surface area contributed by atoms with Crippen molar-refractivity contribution in [2.45, 2.75) is 6.92 Å². The van der Waals surface area contributed by atoms with Crippen molar-refractivity contribution in [1.29, 1.82) is 5.26 Å². The van der Waals surface area contributed by atoms with Gasteiger partial charge in [0.05, 0.1) is 13.7 Å². The molecule has 0 bridgehead atoms. The zero-order chi connectivity index (χ0) is 21.2. The van der Waals surface area contributed by atoms with Gasteiger partial charge in [0.25, 0.3) is 5.91 Å². The molecule has 0 heterocycles. The van der Waals surface area contributed by atoms with E-state index in [1.807, 2.05) is 0 Å². The first-order chi connectivity index (χ1) is 14.0. The molecule has 0 radical (unpaired) electrons. The minimum atomic E-state index is -0.702. The summed E-state index contributed by atoms with van der Waals surface area (Å²) in [6.07, 6.45) is 1.39. The average molecular weight is 415 g/mol. The van der Waals surface area contributed by atoms with Gasteiger partial charge in [-0.25, -0.2) is 4.79 Å². The van der Waals surface area contributed by atoms with Gasteiger partial charge in [0, 0.05) is 10.7 Å². The van der Waals surface area contributed by atoms with E-state index in [0.717, 1.165) is 0 Å². The molecule has 2 rings (SSSR count). The Hall–Kier alpha value is -3.50. The van der Waals surface area contributed by atoms with Gasteiger partial charge < -0.3 is 19.5 Å². The van der Waals surface area contributed by atoms with Gasteiger partial charge in [0.1, 0.15) is 11.6 Å². The molecule has 29 heavy (non-hydrogen) atoms. The van der Waals surface area contributed by atoms with Gasteiger partial charge in [-0.3, -0.25) is 4.79 Å². The van der Waals surface area contributed by atoms with Gasteiger partial charge in [-0.1, -0.05) is 23.7 Å². The van der Waals surface area contributed by atoms with Crippen LogP contribution in [0.25, 0.3) is 6.08 Å². The maximum atomic E-state index is 12.1. The summed E-state index contributed by atoms with van der Waals surface area (Å²) in [5.41, 5.74) is 0.965. The molecule has 0 atom stereocenters. The van der Waals surface area contributed by atoms with Crippen LogP contribution in [0, 0.1) is 11.3 Å². The molecular formula is C21H19ClN2O5. The SMILES string of the molecule is CCOC(=O)/C(C#N)=C/c1ccc(OCC(=O)Nc2cccc(Cl)c2)c(OC)c1. The third kappa shape index (κ3) is 6.55. The third-order valence-electron chi connectivity index (χ3n) is 3.58. The van der Waals surface area contributed by atoms with Crippen LogP contribution >= 0.6 is 11.6 Å². The second kappa shape index (κ2) is 10.7. The topological polar surface area (TPSA) is 97.7 Å². The first-order valence-electron chi connectivity index (χ1n) is 8.62. The summed E-state index contributed by atoms with van der Waals surface area (Å²) in [7, 11) is 1.44. The lowest BCUT2D eigenvalue weighted by Gasteiger charge is -2.12. The minimum absolute atomic E-state index is 0.136. The number of hydrogen-bond donors (Lipinski definition) is 1. The Labute approximate surface area is 173 Å². The number of nitrogens with one attached hydrogen (secondary N) is 1. The molecular weight excluding hydrogens is 396 g/mol. The molecule has 0 aliphatic heterocycles. The number of nitrogens with zero attached hydrogens (tertiary/aromatic N) is 1. The lowest BCUT2D eigenvalue weighted by Crippen LogP contribution is -2.20. The van der Waals surface area contributed by atoms with Crippen LogP contribution in [-0.2, 0) is 14.3 Å². The molecule has 8 heteroatoms. The first-order valence-corrected chi connectivity index (χ1v) is 8.99. The molecule has 1 N–H and O–H groups in total. The van der Waals surface area contributed by atoms with Crippen molar-refractivity contribution in [2.24, 2.45) is 0 Å². The van der Waals surface area contributed by atoms with Crippen molar-refractivity contribution >= 4 is 35.2 Å². The highest BCUT2D eigenvalue weighted by Crippen LogP contribution is 2.29. The number of carbonyl (C=O) groups excluding carboxylic acids is 2. The molecule has 0 fully saturated rings. The number of anilines is 1. The van der Waals surface area contributed by atoms with Gasteiger partial charge in [0.15, 0.2) is 18.1 Å². The van der Waals surface area contributed by atoms with Crippen LogP contribution in [0.3, 0.4) is 0 Å². The van der Waals surface area contributed by atoms with E-state index in [2.05, 4.69) is 5.32 Å². The number of nitriles is 1. The highest BCUT2D eigenvalue weighted by Gasteiger charge is 2.12. The Balaban J connectivity index is 2.07. The summed E-state index contributed by atoms with van der Waals surface area (Å²) >= 11 is 5.89. The van der Waals surface area contributed by atoms with Crippen molar-refractivity contribution < 1.29 is 23.8 Å². The van der Waals surface area contributed by atoms with Crippen LogP contribution in [0.4, 0.5) is 5.69 Å². The summed E-state index contributed by atoms with van der Waals surface area (Å²) in [4.78, 5) is 23.8. The zero-order valence-electron chi connectivity index (χ0n) is 15.9. The van der Waals surface area contributed by atoms with Crippen molar-refractivity contribution in [3.63, 3.8) is 0 Å². The van der Waals surface area contributed by atoms with Gasteiger partial charge in [0.2, 0.25) is 0 Å². The molecule has 0 aliphatic carbocycles. The van der Waals surface area contributed by atoms with E-state index < -0.39 is 5.97 Å². The second-order valence-corrected chi connectivity index (χ2v) is 6.08. The maximum Gasteiger partial charge on any atom is 0.348 e. The molecule has 2 aromatic carbocycles. The highest BCUT2D eigenvalue weighted by atomic mass is 35.5. The predicted octanol–water partition coefficient (Wildman–Crippen LogP) is 3.84. The number of carbonyl (C=O) groups is 2. The highest BCUT2D eigenvalue weighted by molar-refractivity contribution is 6.30. The Morgan fingerprint density at radius 3 is 2.66 bits per heavy atom. The van der Waals surface area contributed by atoms with E-state index in [4.69, 9.17) is 31.1 Å². The van der Waals surface area contributed by atoms with Gasteiger partial charge >= 0.3 is 5.97 Å². The molecule has 0 spiro atoms. The van der Waals surface area contributed by atoms with Gasteiger partial charge in [-0.2, -0.15) is 5.26 Å². The molecule has 0 unspecified atom stereocenters. The van der Waals surface area contributed by atoms with Crippen molar-refractivity contribution in [1.82, 2.24) is 0 Å². The van der Waals surface area contributed by atoms with E-state index >= 15 is 0 Å². The van der Waals surface area contributed by atoms with E-state index in [-0.39, 0.29) is 24.7 Å². The number of rotatable bonds is 8. The quantitative estimate of drug-likeness (QED) is 0.400. The Morgan fingerprint density at radius 1 is 1.21 bits per heavy atom. The van der Waals surface area contributed by atoms with Crippen molar-refractivity contribution in [2.75, 3.05) is 25.6 Å². The van der Waals surface area contributed by atoms with Crippen molar-refractivity contribution in [3.8, 4) is 17.6 Å². The Bertz CT molecular complexity index is 966. The maximum absolute atomic E-state index is 12.1. The first kappa shape index (κ1) is 21.8. The van der Waals surface area contributed by atoms with Crippen LogP contribution in [0.15, 0.2) is 48.0 Å². The number of ether oxygens (including phenoxy) is 3. The van der Waals surface area contributed by atoms with Crippen LogP contribution in [0.5, 0.6) is 11.5 Å². The molecule has 0 saturated carbocycles. The normalized spacial score (nSPS) is 10.6. The number of halogens is 1. The number of methoxy groups -OCH3 is 1. The lowest BCUT2D eigenvalue weighted by atomic mass is 10.1. The van der Waals surface area contributed by atoms with E-state index in [0.29, 0.717) is 27.8 Å². The largest absolute Gasteiger partial charge is 0.493 e. The molecule has 1 amide bonds. The molecule has 0 aliphatic rings. The third-order valence-corrected chi connectivity index (χ3v) is 3.82. The van der Waals surface area contributed by atoms with Crippen LogP contribution in [0.1, 0.15) is 12.5 Å². The fraction of sp³-hybridized carbons (Fsp3) is 0.190. The fourth-order valence-corrected chi connectivity index (χ4v) is 2.50. The van der Waals surface area contributed by atoms with Crippen LogP contribution < -0.4 is 14.8 Å². The Morgan fingerprint density at radius 2 is 2.00 bits per heavy atom. The molecule has 2 aromatic rings. The smallest absolute Gasteiger partial charge is 0.348 e. The predicted molar refractivity (Wildman–Crippen MR) is 109 cm³/mol. The van der Waals surface area contributed by atoms with E-state index in [1.165, 1.54) is 13.2 Å². The average Bonchev–Trinajstić information content (AvgIpc) is 2.70. The van der Waals surface area contributed by atoms with Crippen molar-refractivity contribution in [3.05, 3.63) is 58.6 Å². The van der Waals surface area contributed by atoms with E-state index in [9.17, 15) is 9.59 Å². The number of esters is 1. The van der Waals surface area contributed by atoms with Gasteiger partial charge in [-0.05, 0) is 48.9 Å². The van der Waals surface area contributed by atoms with Crippen LogP contribution in [0.2, 0.25) is 5.02 Å². The van der Waals surface area contributed by atoms with Gasteiger partial charge in [-0.15, -0.1) is 0 Å². The monoisotopic (exact) mass is 414 g/mol. The summed E-state index contributed by atoms with van der Waals surface area (Å²) in [6.45, 7) is 1.58. The molecule has 0 aromatic heterocycles. The second-order valence-electron chi connectivity index (χ2n) is 5.65. The summed E-state index contributed by atoms with van der Waals surface area (Å²) in [5.74, 6) is -0.393. The van der Waals surface area contributed by atoms with E-state index in [1.54, 1.807) is 55.5 Å². The molecule has 7 nitrogen and oxygen atoms in total. The lowest BCUT2D eigenvalue weighted by molar-refractivity contribution is -0.137.